The molecule has 2 rings (SSSR count). The lowest BCUT2D eigenvalue weighted by atomic mass is 10.0. The van der Waals surface area contributed by atoms with Gasteiger partial charge in [-0.15, -0.1) is 0 Å². The average Bonchev–Trinajstić information content (AvgIpc) is 2.81. The van der Waals surface area contributed by atoms with E-state index in [2.05, 4.69) is 30.0 Å². The standard InChI is InChI=1S/C14H19N3O/c1-3-8-17-14(15-10-16-17)13(18)9-12-7-5-4-6-11(12)2/h4-7,10,13,18H,3,8-9H2,1-2H3. The van der Waals surface area contributed by atoms with Crippen molar-refractivity contribution in [2.24, 2.45) is 0 Å². The van der Waals surface area contributed by atoms with Crippen LogP contribution in [-0.4, -0.2) is 19.9 Å². The first-order chi connectivity index (χ1) is 8.72. The molecule has 1 aromatic carbocycles. The lowest BCUT2D eigenvalue weighted by Crippen LogP contribution is -2.12. The van der Waals surface area contributed by atoms with Gasteiger partial charge in [0, 0.05) is 13.0 Å². The van der Waals surface area contributed by atoms with Crippen molar-refractivity contribution >= 4 is 0 Å². The van der Waals surface area contributed by atoms with Crippen LogP contribution in [0.4, 0.5) is 0 Å². The Morgan fingerprint density at radius 1 is 1.33 bits per heavy atom. The van der Waals surface area contributed by atoms with E-state index in [1.165, 1.54) is 11.9 Å². The molecule has 1 aromatic heterocycles. The molecule has 0 fully saturated rings. The number of aryl methyl sites for hydroxylation is 2. The van der Waals surface area contributed by atoms with Gasteiger partial charge in [-0.05, 0) is 24.5 Å². The minimum atomic E-state index is -0.597. The van der Waals surface area contributed by atoms with E-state index < -0.39 is 6.10 Å². The van der Waals surface area contributed by atoms with Gasteiger partial charge in [0.25, 0.3) is 0 Å². The van der Waals surface area contributed by atoms with E-state index in [1.54, 1.807) is 4.68 Å². The highest BCUT2D eigenvalue weighted by Gasteiger charge is 2.15. The maximum atomic E-state index is 10.3. The molecule has 0 aliphatic rings. The molecular formula is C14H19N3O. The second-order valence-corrected chi connectivity index (χ2v) is 4.49. The van der Waals surface area contributed by atoms with Crippen LogP contribution in [0.1, 0.15) is 36.4 Å². The molecule has 4 nitrogen and oxygen atoms in total. The Morgan fingerprint density at radius 2 is 2.11 bits per heavy atom. The van der Waals surface area contributed by atoms with Crippen LogP contribution in [0.15, 0.2) is 30.6 Å². The molecule has 18 heavy (non-hydrogen) atoms. The molecule has 0 amide bonds. The quantitative estimate of drug-likeness (QED) is 0.879. The molecule has 1 atom stereocenters. The van der Waals surface area contributed by atoms with Crippen LogP contribution in [0, 0.1) is 6.92 Å². The van der Waals surface area contributed by atoms with Crippen molar-refractivity contribution < 1.29 is 5.11 Å². The Balaban J connectivity index is 2.14. The Kier molecular flexibility index (Phi) is 4.10. The number of rotatable bonds is 5. The van der Waals surface area contributed by atoms with Crippen LogP contribution >= 0.6 is 0 Å². The van der Waals surface area contributed by atoms with Gasteiger partial charge in [0.1, 0.15) is 12.4 Å². The highest BCUT2D eigenvalue weighted by molar-refractivity contribution is 5.26. The summed E-state index contributed by atoms with van der Waals surface area (Å²) in [5, 5.41) is 14.4. The molecule has 0 saturated heterocycles. The van der Waals surface area contributed by atoms with Crippen molar-refractivity contribution in [1.82, 2.24) is 14.8 Å². The summed E-state index contributed by atoms with van der Waals surface area (Å²) >= 11 is 0. The van der Waals surface area contributed by atoms with Gasteiger partial charge in [0.2, 0.25) is 0 Å². The van der Waals surface area contributed by atoms with Crippen molar-refractivity contribution in [2.75, 3.05) is 0 Å². The SMILES string of the molecule is CCCn1ncnc1C(O)Cc1ccccc1C. The second kappa shape index (κ2) is 5.78. The fourth-order valence-corrected chi connectivity index (χ4v) is 2.05. The number of aliphatic hydroxyl groups excluding tert-OH is 1. The van der Waals surface area contributed by atoms with Crippen LogP contribution in [0.2, 0.25) is 0 Å². The van der Waals surface area contributed by atoms with E-state index in [-0.39, 0.29) is 0 Å². The van der Waals surface area contributed by atoms with Crippen molar-refractivity contribution in [2.45, 2.75) is 39.3 Å². The fourth-order valence-electron chi connectivity index (χ4n) is 2.05. The molecule has 2 aromatic rings. The molecule has 0 radical (unpaired) electrons. The number of hydrogen-bond acceptors (Lipinski definition) is 3. The minimum Gasteiger partial charge on any atom is -0.385 e. The Labute approximate surface area is 107 Å². The molecule has 0 spiro atoms. The smallest absolute Gasteiger partial charge is 0.156 e. The van der Waals surface area contributed by atoms with E-state index in [0.29, 0.717) is 12.2 Å². The number of benzene rings is 1. The van der Waals surface area contributed by atoms with E-state index in [1.807, 2.05) is 18.2 Å². The topological polar surface area (TPSA) is 50.9 Å². The molecule has 1 unspecified atom stereocenters. The van der Waals surface area contributed by atoms with Crippen LogP contribution < -0.4 is 0 Å². The summed E-state index contributed by atoms with van der Waals surface area (Å²) in [5.74, 6) is 0.653. The van der Waals surface area contributed by atoms with E-state index in [0.717, 1.165) is 18.5 Å². The summed E-state index contributed by atoms with van der Waals surface area (Å²) in [5.41, 5.74) is 2.34. The van der Waals surface area contributed by atoms with E-state index in [9.17, 15) is 5.11 Å². The number of aliphatic hydroxyl groups is 1. The van der Waals surface area contributed by atoms with Gasteiger partial charge in [-0.2, -0.15) is 5.10 Å². The maximum Gasteiger partial charge on any atom is 0.156 e. The van der Waals surface area contributed by atoms with Gasteiger partial charge in [-0.25, -0.2) is 9.67 Å². The van der Waals surface area contributed by atoms with Gasteiger partial charge in [-0.1, -0.05) is 31.2 Å². The zero-order chi connectivity index (χ0) is 13.0. The normalized spacial score (nSPS) is 12.6. The molecule has 96 valence electrons. The minimum absolute atomic E-state index is 0.578. The van der Waals surface area contributed by atoms with Crippen molar-refractivity contribution in [3.05, 3.63) is 47.5 Å². The van der Waals surface area contributed by atoms with Crippen molar-refractivity contribution in [3.63, 3.8) is 0 Å². The average molecular weight is 245 g/mol. The van der Waals surface area contributed by atoms with E-state index in [4.69, 9.17) is 0 Å². The fraction of sp³-hybridized carbons (Fsp3) is 0.429. The summed E-state index contributed by atoms with van der Waals surface area (Å²) in [4.78, 5) is 4.16. The van der Waals surface area contributed by atoms with Gasteiger partial charge >= 0.3 is 0 Å². The Bertz CT molecular complexity index is 507. The Morgan fingerprint density at radius 3 is 2.83 bits per heavy atom. The first kappa shape index (κ1) is 12.8. The predicted octanol–water partition coefficient (Wildman–Crippen LogP) is 2.27. The van der Waals surface area contributed by atoms with Gasteiger partial charge in [0.05, 0.1) is 0 Å². The molecule has 0 bridgehead atoms. The van der Waals surface area contributed by atoms with Crippen LogP contribution in [0.5, 0.6) is 0 Å². The van der Waals surface area contributed by atoms with E-state index >= 15 is 0 Å². The van der Waals surface area contributed by atoms with Gasteiger partial charge in [0.15, 0.2) is 5.82 Å². The monoisotopic (exact) mass is 245 g/mol. The van der Waals surface area contributed by atoms with Crippen LogP contribution in [-0.2, 0) is 13.0 Å². The third-order valence-electron chi connectivity index (χ3n) is 3.05. The largest absolute Gasteiger partial charge is 0.385 e. The maximum absolute atomic E-state index is 10.3. The van der Waals surface area contributed by atoms with Gasteiger partial charge in [-0.3, -0.25) is 0 Å². The lowest BCUT2D eigenvalue weighted by molar-refractivity contribution is 0.161. The highest BCUT2D eigenvalue weighted by atomic mass is 16.3. The van der Waals surface area contributed by atoms with Crippen molar-refractivity contribution in [1.29, 1.82) is 0 Å². The molecule has 1 heterocycles. The molecular weight excluding hydrogens is 226 g/mol. The molecule has 0 aliphatic carbocycles. The zero-order valence-electron chi connectivity index (χ0n) is 10.9. The number of nitrogens with zero attached hydrogens (tertiary/aromatic N) is 3. The van der Waals surface area contributed by atoms with Crippen LogP contribution in [0.25, 0.3) is 0 Å². The highest BCUT2D eigenvalue weighted by Crippen LogP contribution is 2.18. The van der Waals surface area contributed by atoms with Crippen molar-refractivity contribution in [3.8, 4) is 0 Å². The summed E-state index contributed by atoms with van der Waals surface area (Å²) in [6.45, 7) is 4.93. The second-order valence-electron chi connectivity index (χ2n) is 4.49. The van der Waals surface area contributed by atoms with Crippen LogP contribution in [0.3, 0.4) is 0 Å². The third-order valence-corrected chi connectivity index (χ3v) is 3.05. The zero-order valence-corrected chi connectivity index (χ0v) is 10.9. The number of aromatic nitrogens is 3. The summed E-state index contributed by atoms with van der Waals surface area (Å²) < 4.78 is 1.78. The molecule has 0 saturated carbocycles. The number of hydrogen-bond donors (Lipinski definition) is 1. The first-order valence-electron chi connectivity index (χ1n) is 6.32. The lowest BCUT2D eigenvalue weighted by Gasteiger charge is -2.13. The van der Waals surface area contributed by atoms with Gasteiger partial charge < -0.3 is 5.11 Å². The summed E-state index contributed by atoms with van der Waals surface area (Å²) in [6, 6.07) is 8.09. The third kappa shape index (κ3) is 2.76. The summed E-state index contributed by atoms with van der Waals surface area (Å²) in [6.07, 6.45) is 2.47. The summed E-state index contributed by atoms with van der Waals surface area (Å²) in [7, 11) is 0. The molecule has 4 heteroatoms. The Hall–Kier alpha value is -1.68. The molecule has 0 aliphatic heterocycles. The molecule has 1 N–H and O–H groups in total. The first-order valence-corrected chi connectivity index (χ1v) is 6.32. The predicted molar refractivity (Wildman–Crippen MR) is 70.2 cm³/mol.